The summed E-state index contributed by atoms with van der Waals surface area (Å²) < 4.78 is 10.1. The number of ketones is 1. The van der Waals surface area contributed by atoms with Crippen molar-refractivity contribution >= 4 is 15.1 Å². The molecule has 0 spiro atoms. The second-order valence-electron chi connectivity index (χ2n) is 3.06. The number of carbonyl (C=O) groups excluding carboxylic acids is 1. The molecule has 0 aromatic rings. The van der Waals surface area contributed by atoms with Gasteiger partial charge in [-0.05, 0) is 18.9 Å². The highest BCUT2D eigenvalue weighted by molar-refractivity contribution is 6.50. The minimum absolute atomic E-state index is 0.135. The molecule has 0 amide bonds. The van der Waals surface area contributed by atoms with Crippen molar-refractivity contribution in [2.75, 3.05) is 14.2 Å². The maximum absolute atomic E-state index is 11.6. The smallest absolute Gasteiger partial charge is 0.392 e. The van der Waals surface area contributed by atoms with Gasteiger partial charge in [-0.15, -0.1) is 0 Å². The Morgan fingerprint density at radius 3 is 2.36 bits per heavy atom. The summed E-state index contributed by atoms with van der Waals surface area (Å²) in [7, 11) is 1.78. The zero-order chi connectivity index (χ0) is 11.0. The van der Waals surface area contributed by atoms with Crippen molar-refractivity contribution in [3.63, 3.8) is 0 Å². The highest BCUT2D eigenvalue weighted by Gasteiger charge is 2.18. The number of hydrogen-bond acceptors (Lipinski definition) is 3. The Balaban J connectivity index is 4.05. The summed E-state index contributed by atoms with van der Waals surface area (Å²) in [4.78, 5) is 11.6. The predicted octanol–water partition coefficient (Wildman–Crippen LogP) is 2.08. The van der Waals surface area contributed by atoms with Gasteiger partial charge in [-0.1, -0.05) is 19.4 Å². The maximum atomic E-state index is 11.6. The number of allylic oxidation sites excluding steroid dienone is 2. The molecule has 0 aromatic carbocycles. The molecule has 0 aliphatic heterocycles. The lowest BCUT2D eigenvalue weighted by atomic mass is 10.1. The van der Waals surface area contributed by atoms with Crippen LogP contribution in [0.1, 0.15) is 26.7 Å². The van der Waals surface area contributed by atoms with Crippen LogP contribution in [0.3, 0.4) is 0 Å². The maximum Gasteiger partial charge on any atom is 0.392 e. The summed E-state index contributed by atoms with van der Waals surface area (Å²) in [6.45, 7) is 3.94. The van der Waals surface area contributed by atoms with E-state index in [-0.39, 0.29) is 5.78 Å². The van der Waals surface area contributed by atoms with Gasteiger partial charge in [0.1, 0.15) is 0 Å². The van der Waals surface area contributed by atoms with Crippen molar-refractivity contribution in [3.05, 3.63) is 11.6 Å². The first kappa shape index (κ1) is 13.5. The molecule has 0 heterocycles. The first-order chi connectivity index (χ1) is 6.65. The van der Waals surface area contributed by atoms with Gasteiger partial charge in [-0.25, -0.2) is 0 Å². The number of Topliss-reactive ketones (excluding diaryl/α,β-unsaturated/α-hetero) is 1. The fraction of sp³-hybridized carbons (Fsp3) is 0.700. The molecular weight excluding hydrogens is 196 g/mol. The molecule has 0 N–H and O–H groups in total. The summed E-state index contributed by atoms with van der Waals surface area (Å²) in [5, 5.41) is 0. The van der Waals surface area contributed by atoms with E-state index in [2.05, 4.69) is 6.92 Å². The molecule has 0 rings (SSSR count). The summed E-state index contributed by atoms with van der Waals surface area (Å²) in [5.74, 6) is 0.135. The average Bonchev–Trinajstić information content (AvgIpc) is 2.21. The zero-order valence-corrected chi connectivity index (χ0v) is 10.4. The highest BCUT2D eigenvalue weighted by atomic mass is 28.3. The molecule has 0 saturated carbocycles. The SMILES string of the molecule is CCCC=C(C)C(=O)C[Si](OC)OC. The van der Waals surface area contributed by atoms with Crippen LogP contribution in [0.15, 0.2) is 11.6 Å². The van der Waals surface area contributed by atoms with Crippen molar-refractivity contribution in [3.8, 4) is 0 Å². The van der Waals surface area contributed by atoms with E-state index < -0.39 is 9.28 Å². The lowest BCUT2D eigenvalue weighted by Crippen LogP contribution is -2.23. The molecule has 0 aliphatic rings. The van der Waals surface area contributed by atoms with Crippen LogP contribution in [-0.4, -0.2) is 29.3 Å². The van der Waals surface area contributed by atoms with Gasteiger partial charge in [-0.3, -0.25) is 4.79 Å². The van der Waals surface area contributed by atoms with Crippen molar-refractivity contribution in [1.82, 2.24) is 0 Å². The van der Waals surface area contributed by atoms with Crippen molar-refractivity contribution < 1.29 is 13.6 Å². The monoisotopic (exact) mass is 215 g/mol. The molecule has 1 radical (unpaired) electrons. The molecule has 0 bridgehead atoms. The van der Waals surface area contributed by atoms with E-state index in [0.29, 0.717) is 6.04 Å². The van der Waals surface area contributed by atoms with Gasteiger partial charge >= 0.3 is 9.28 Å². The fourth-order valence-electron chi connectivity index (χ4n) is 0.973. The standard InChI is InChI=1S/C10H19O3Si/c1-5-6-7-9(2)10(11)8-14(12-3)13-4/h7H,5-6,8H2,1-4H3. The van der Waals surface area contributed by atoms with Gasteiger partial charge < -0.3 is 8.85 Å². The molecule has 0 atom stereocenters. The second-order valence-corrected chi connectivity index (χ2v) is 4.97. The van der Waals surface area contributed by atoms with Gasteiger partial charge in [-0.2, -0.15) is 0 Å². The van der Waals surface area contributed by atoms with Crippen LogP contribution in [0.25, 0.3) is 0 Å². The van der Waals surface area contributed by atoms with Crippen LogP contribution in [0.4, 0.5) is 0 Å². The number of unbranched alkanes of at least 4 members (excludes halogenated alkanes) is 1. The third-order valence-electron chi connectivity index (χ3n) is 1.94. The van der Waals surface area contributed by atoms with E-state index in [4.69, 9.17) is 8.85 Å². The Morgan fingerprint density at radius 1 is 1.36 bits per heavy atom. The van der Waals surface area contributed by atoms with Gasteiger partial charge in [0.25, 0.3) is 0 Å². The molecule has 4 heteroatoms. The third-order valence-corrected chi connectivity index (χ3v) is 3.46. The molecular formula is C10H19O3Si. The zero-order valence-electron chi connectivity index (χ0n) is 9.42. The summed E-state index contributed by atoms with van der Waals surface area (Å²) in [5.41, 5.74) is 0.823. The van der Waals surface area contributed by atoms with E-state index in [0.717, 1.165) is 18.4 Å². The normalized spacial score (nSPS) is 12.2. The molecule has 0 unspecified atom stereocenters. The summed E-state index contributed by atoms with van der Waals surface area (Å²) >= 11 is 0. The first-order valence-electron chi connectivity index (χ1n) is 4.79. The largest absolute Gasteiger partial charge is 0.396 e. The van der Waals surface area contributed by atoms with Crippen LogP contribution in [0, 0.1) is 0 Å². The average molecular weight is 215 g/mol. The van der Waals surface area contributed by atoms with Crippen LogP contribution in [-0.2, 0) is 13.6 Å². The van der Waals surface area contributed by atoms with E-state index >= 15 is 0 Å². The molecule has 81 valence electrons. The first-order valence-corrected chi connectivity index (χ1v) is 6.31. The van der Waals surface area contributed by atoms with E-state index in [9.17, 15) is 4.79 Å². The molecule has 0 aliphatic carbocycles. The second kappa shape index (κ2) is 7.91. The van der Waals surface area contributed by atoms with Crippen molar-refractivity contribution in [2.45, 2.75) is 32.7 Å². The Labute approximate surface area is 87.9 Å². The third kappa shape index (κ3) is 5.31. The molecule has 0 saturated heterocycles. The quantitative estimate of drug-likeness (QED) is 0.482. The Kier molecular flexibility index (Phi) is 7.65. The Morgan fingerprint density at radius 2 is 1.93 bits per heavy atom. The summed E-state index contributed by atoms with van der Waals surface area (Å²) in [6.07, 6.45) is 4.00. The molecule has 14 heavy (non-hydrogen) atoms. The van der Waals surface area contributed by atoms with Crippen LogP contribution < -0.4 is 0 Å². The Bertz CT molecular complexity index is 198. The van der Waals surface area contributed by atoms with E-state index in [1.165, 1.54) is 0 Å². The molecule has 0 aromatic heterocycles. The fourth-order valence-corrected chi connectivity index (χ4v) is 1.97. The van der Waals surface area contributed by atoms with Crippen LogP contribution >= 0.6 is 0 Å². The van der Waals surface area contributed by atoms with Gasteiger partial charge in [0.15, 0.2) is 5.78 Å². The van der Waals surface area contributed by atoms with Gasteiger partial charge in [0, 0.05) is 14.2 Å². The van der Waals surface area contributed by atoms with Crippen molar-refractivity contribution in [1.29, 1.82) is 0 Å². The molecule has 0 fully saturated rings. The van der Waals surface area contributed by atoms with Crippen molar-refractivity contribution in [2.24, 2.45) is 0 Å². The van der Waals surface area contributed by atoms with Crippen LogP contribution in [0.2, 0.25) is 6.04 Å². The topological polar surface area (TPSA) is 35.5 Å². The number of carbonyl (C=O) groups is 1. The van der Waals surface area contributed by atoms with E-state index in [1.807, 2.05) is 13.0 Å². The minimum Gasteiger partial charge on any atom is -0.396 e. The minimum atomic E-state index is -1.38. The lowest BCUT2D eigenvalue weighted by molar-refractivity contribution is -0.113. The van der Waals surface area contributed by atoms with Gasteiger partial charge in [0.2, 0.25) is 0 Å². The number of hydrogen-bond donors (Lipinski definition) is 0. The number of rotatable bonds is 7. The van der Waals surface area contributed by atoms with Gasteiger partial charge in [0.05, 0.1) is 6.04 Å². The summed E-state index contributed by atoms with van der Waals surface area (Å²) in [6, 6.07) is 0.393. The molecule has 3 nitrogen and oxygen atoms in total. The predicted molar refractivity (Wildman–Crippen MR) is 58.3 cm³/mol. The van der Waals surface area contributed by atoms with E-state index in [1.54, 1.807) is 14.2 Å². The Hall–Kier alpha value is -0.453. The highest BCUT2D eigenvalue weighted by Crippen LogP contribution is 2.06. The lowest BCUT2D eigenvalue weighted by Gasteiger charge is -2.08. The van der Waals surface area contributed by atoms with Crippen LogP contribution in [0.5, 0.6) is 0 Å².